The predicted octanol–water partition coefficient (Wildman–Crippen LogP) is 16.9. The largest absolute Gasteiger partial charge is 0.462 e. The van der Waals surface area contributed by atoms with Crippen LogP contribution in [0.5, 0.6) is 0 Å². The smallest absolute Gasteiger partial charge is 0.306 e. The predicted molar refractivity (Wildman–Crippen MR) is 279 cm³/mol. The van der Waals surface area contributed by atoms with Crippen molar-refractivity contribution < 1.29 is 28.6 Å². The van der Waals surface area contributed by atoms with Gasteiger partial charge in [0.15, 0.2) is 6.10 Å². The summed E-state index contributed by atoms with van der Waals surface area (Å²) in [5, 5.41) is 0. The molecule has 0 aromatic heterocycles. The highest BCUT2D eigenvalue weighted by Crippen LogP contribution is 2.11. The summed E-state index contributed by atoms with van der Waals surface area (Å²) >= 11 is 0. The number of esters is 3. The van der Waals surface area contributed by atoms with Crippen LogP contribution in [0.3, 0.4) is 0 Å². The molecule has 0 aliphatic carbocycles. The lowest BCUT2D eigenvalue weighted by Crippen LogP contribution is -2.30. The highest BCUT2D eigenvalue weighted by atomic mass is 16.6. The van der Waals surface area contributed by atoms with Crippen LogP contribution in [0, 0.1) is 0 Å². The van der Waals surface area contributed by atoms with E-state index in [0.717, 1.165) is 89.9 Å². The van der Waals surface area contributed by atoms with Gasteiger partial charge in [0.05, 0.1) is 0 Å². The Kier molecular flexibility index (Phi) is 48.2. The minimum Gasteiger partial charge on any atom is -0.462 e. The van der Waals surface area contributed by atoms with Crippen molar-refractivity contribution in [2.24, 2.45) is 0 Å². The molecular formula is C59H90O6. The van der Waals surface area contributed by atoms with Gasteiger partial charge in [0.1, 0.15) is 13.2 Å². The van der Waals surface area contributed by atoms with Crippen molar-refractivity contribution in [3.63, 3.8) is 0 Å². The first-order valence-electron chi connectivity index (χ1n) is 25.5. The Labute approximate surface area is 397 Å². The van der Waals surface area contributed by atoms with E-state index in [1.165, 1.54) is 44.9 Å². The second kappa shape index (κ2) is 51.9. The average molecular weight is 895 g/mol. The van der Waals surface area contributed by atoms with Crippen molar-refractivity contribution in [3.8, 4) is 0 Å². The SMILES string of the molecule is CC/C=C/C=C/C=C/C=C/C=C/C=C/CCCCCC(=O)OCC(COC(=O)CCCCCCC/C=C/C=C/C=C/CC)OC(=O)CCC/C=C/C/C=C/C/C=C/CCCCCCCC. The van der Waals surface area contributed by atoms with Crippen LogP contribution in [0.1, 0.15) is 188 Å². The normalized spacial score (nSPS) is 13.3. The van der Waals surface area contributed by atoms with Crippen LogP contribution < -0.4 is 0 Å². The molecule has 1 unspecified atom stereocenters. The summed E-state index contributed by atoms with van der Waals surface area (Å²) in [5.74, 6) is -1.06. The van der Waals surface area contributed by atoms with Crippen molar-refractivity contribution >= 4 is 17.9 Å². The fourth-order valence-electron chi connectivity index (χ4n) is 6.25. The molecule has 1 atom stereocenters. The van der Waals surface area contributed by atoms with Crippen molar-refractivity contribution in [2.75, 3.05) is 13.2 Å². The van der Waals surface area contributed by atoms with Crippen molar-refractivity contribution in [1.82, 2.24) is 0 Å². The zero-order valence-electron chi connectivity index (χ0n) is 41.2. The molecule has 0 spiro atoms. The molecule has 6 heteroatoms. The molecule has 0 amide bonds. The van der Waals surface area contributed by atoms with E-state index < -0.39 is 6.10 Å². The van der Waals surface area contributed by atoms with Crippen LogP contribution in [-0.2, 0) is 28.6 Å². The molecule has 0 aliphatic heterocycles. The number of hydrogen-bond acceptors (Lipinski definition) is 6. The highest BCUT2D eigenvalue weighted by Gasteiger charge is 2.19. The lowest BCUT2D eigenvalue weighted by atomic mass is 10.1. The van der Waals surface area contributed by atoms with Gasteiger partial charge in [-0.25, -0.2) is 0 Å². The van der Waals surface area contributed by atoms with Gasteiger partial charge in [-0.2, -0.15) is 0 Å². The zero-order valence-corrected chi connectivity index (χ0v) is 41.2. The van der Waals surface area contributed by atoms with Gasteiger partial charge in [0.25, 0.3) is 0 Å². The molecule has 0 bridgehead atoms. The summed E-state index contributed by atoms with van der Waals surface area (Å²) in [6, 6.07) is 0. The Morgan fingerprint density at radius 1 is 0.338 bits per heavy atom. The maximum absolute atomic E-state index is 12.8. The van der Waals surface area contributed by atoms with E-state index in [1.54, 1.807) is 0 Å². The summed E-state index contributed by atoms with van der Waals surface area (Å²) in [5.41, 5.74) is 0. The third-order valence-electron chi connectivity index (χ3n) is 10.0. The van der Waals surface area contributed by atoms with Gasteiger partial charge in [-0.05, 0) is 89.9 Å². The summed E-state index contributed by atoms with van der Waals surface area (Å²) in [6.45, 7) is 6.22. The Balaban J connectivity index is 4.62. The maximum Gasteiger partial charge on any atom is 0.306 e. The van der Waals surface area contributed by atoms with Gasteiger partial charge >= 0.3 is 17.9 Å². The summed E-state index contributed by atoms with van der Waals surface area (Å²) < 4.78 is 16.7. The van der Waals surface area contributed by atoms with E-state index in [-0.39, 0.29) is 44.0 Å². The molecule has 0 heterocycles. The highest BCUT2D eigenvalue weighted by molar-refractivity contribution is 5.71. The lowest BCUT2D eigenvalue weighted by Gasteiger charge is -2.18. The van der Waals surface area contributed by atoms with Crippen molar-refractivity contribution in [1.29, 1.82) is 0 Å². The zero-order chi connectivity index (χ0) is 47.2. The third kappa shape index (κ3) is 50.2. The first-order valence-corrected chi connectivity index (χ1v) is 25.5. The number of rotatable bonds is 43. The fraction of sp³-hybridized carbons (Fsp3) is 0.542. The summed E-state index contributed by atoms with van der Waals surface area (Å²) in [7, 11) is 0. The number of allylic oxidation sites excluding steroid dienone is 24. The second-order valence-corrected chi connectivity index (χ2v) is 16.2. The van der Waals surface area contributed by atoms with E-state index >= 15 is 0 Å². The van der Waals surface area contributed by atoms with Crippen LogP contribution >= 0.6 is 0 Å². The monoisotopic (exact) mass is 895 g/mol. The van der Waals surface area contributed by atoms with Crippen LogP contribution in [-0.4, -0.2) is 37.2 Å². The second-order valence-electron chi connectivity index (χ2n) is 16.2. The van der Waals surface area contributed by atoms with E-state index in [1.807, 2.05) is 66.8 Å². The van der Waals surface area contributed by atoms with Crippen molar-refractivity contribution in [2.45, 2.75) is 194 Å². The topological polar surface area (TPSA) is 78.9 Å². The molecule has 0 aliphatic rings. The molecule has 65 heavy (non-hydrogen) atoms. The number of carbonyl (C=O) groups excluding carboxylic acids is 3. The van der Waals surface area contributed by atoms with Gasteiger partial charge in [-0.1, -0.05) is 224 Å². The summed E-state index contributed by atoms with van der Waals surface area (Å²) in [6.07, 6.45) is 74.0. The molecule has 0 radical (unpaired) electrons. The first-order chi connectivity index (χ1) is 32.0. The summed E-state index contributed by atoms with van der Waals surface area (Å²) in [4.78, 5) is 38.0. The van der Waals surface area contributed by atoms with E-state index in [9.17, 15) is 14.4 Å². The standard InChI is InChI=1S/C59H90O6/c1-4-7-10-13-16-19-22-25-27-29-31-34-37-40-43-46-49-52-58(61)64-55-56(54-63-57(60)51-48-45-42-39-36-33-24-21-18-15-12-9-6-3)65-59(62)53-50-47-44-41-38-35-32-30-28-26-23-20-17-14-11-8-5-2/h7,9-10,12-13,15-16,18-19,21-22,24-29,31-32,34-35,37,41,44,56H,4-6,8,11,14,17,20,23,30,33,36,38-40,42-43,45-55H2,1-3H3/b10-7+,12-9+,16-13+,18-15+,22-19+,24-21+,27-25+,28-26+,31-29+,35-32+,37-34+,44-41+. The van der Waals surface area contributed by atoms with Crippen LogP contribution in [0.15, 0.2) is 146 Å². The molecule has 6 nitrogen and oxygen atoms in total. The molecule has 0 N–H and O–H groups in total. The molecule has 0 fully saturated rings. The number of ether oxygens (including phenoxy) is 3. The van der Waals surface area contributed by atoms with Crippen LogP contribution in [0.25, 0.3) is 0 Å². The number of unbranched alkanes of at least 4 members (excludes halogenated alkanes) is 15. The Morgan fingerprint density at radius 2 is 0.677 bits per heavy atom. The van der Waals surface area contributed by atoms with Crippen molar-refractivity contribution in [3.05, 3.63) is 146 Å². The van der Waals surface area contributed by atoms with Crippen LogP contribution in [0.4, 0.5) is 0 Å². The van der Waals surface area contributed by atoms with Gasteiger partial charge in [0.2, 0.25) is 0 Å². The van der Waals surface area contributed by atoms with Gasteiger partial charge < -0.3 is 14.2 Å². The fourth-order valence-corrected chi connectivity index (χ4v) is 6.25. The molecule has 0 rings (SSSR count). The van der Waals surface area contributed by atoms with Crippen LogP contribution in [0.2, 0.25) is 0 Å². The molecule has 0 saturated carbocycles. The first kappa shape index (κ1) is 60.3. The molecular weight excluding hydrogens is 805 g/mol. The Morgan fingerprint density at radius 3 is 1.14 bits per heavy atom. The number of hydrogen-bond donors (Lipinski definition) is 0. The molecule has 0 saturated heterocycles. The van der Waals surface area contributed by atoms with Gasteiger partial charge in [-0.15, -0.1) is 0 Å². The van der Waals surface area contributed by atoms with E-state index in [4.69, 9.17) is 14.2 Å². The quantitative estimate of drug-likeness (QED) is 0.0199. The Bertz CT molecular complexity index is 1490. The maximum atomic E-state index is 12.8. The van der Waals surface area contributed by atoms with E-state index in [2.05, 4.69) is 99.8 Å². The minimum atomic E-state index is -0.838. The Hall–Kier alpha value is -4.71. The number of carbonyl (C=O) groups is 3. The minimum absolute atomic E-state index is 0.130. The average Bonchev–Trinajstić information content (AvgIpc) is 3.30. The molecule has 0 aromatic rings. The van der Waals surface area contributed by atoms with E-state index in [0.29, 0.717) is 19.3 Å². The lowest BCUT2D eigenvalue weighted by molar-refractivity contribution is -0.167. The third-order valence-corrected chi connectivity index (χ3v) is 10.0. The molecule has 362 valence electrons. The van der Waals surface area contributed by atoms with Gasteiger partial charge in [0, 0.05) is 19.3 Å². The molecule has 0 aromatic carbocycles. The van der Waals surface area contributed by atoms with Gasteiger partial charge in [-0.3, -0.25) is 14.4 Å².